The lowest BCUT2D eigenvalue weighted by Gasteiger charge is -2.06. The van der Waals surface area contributed by atoms with Gasteiger partial charge in [-0.2, -0.15) is 0 Å². The van der Waals surface area contributed by atoms with Crippen molar-refractivity contribution in [3.63, 3.8) is 0 Å². The van der Waals surface area contributed by atoms with Crippen LogP contribution in [-0.4, -0.2) is 11.1 Å². The fraction of sp³-hybridized carbons (Fsp3) is 0.0625. The van der Waals surface area contributed by atoms with Crippen molar-refractivity contribution in [3.05, 3.63) is 65.7 Å². The molecule has 0 aromatic heterocycles. The summed E-state index contributed by atoms with van der Waals surface area (Å²) in [4.78, 5) is 10.4. The SMILES string of the molecule is Cc1ccc(Oc2ccc(/C=C\C(=O)O)cc2)cc1. The molecular formula is C16H14O3. The Balaban J connectivity index is 2.06. The summed E-state index contributed by atoms with van der Waals surface area (Å²) in [5, 5.41) is 8.54. The lowest BCUT2D eigenvalue weighted by molar-refractivity contribution is -0.131. The lowest BCUT2D eigenvalue weighted by Crippen LogP contribution is -1.86. The van der Waals surface area contributed by atoms with E-state index in [9.17, 15) is 4.79 Å². The average Bonchev–Trinajstić information content (AvgIpc) is 2.40. The van der Waals surface area contributed by atoms with Crippen LogP contribution in [0.3, 0.4) is 0 Å². The normalized spacial score (nSPS) is 10.6. The van der Waals surface area contributed by atoms with Crippen molar-refractivity contribution in [2.24, 2.45) is 0 Å². The molecule has 2 aromatic rings. The summed E-state index contributed by atoms with van der Waals surface area (Å²) in [5.74, 6) is 0.538. The molecule has 0 spiro atoms. The Morgan fingerprint density at radius 1 is 1.00 bits per heavy atom. The third-order valence-corrected chi connectivity index (χ3v) is 2.56. The molecule has 19 heavy (non-hydrogen) atoms. The molecule has 0 radical (unpaired) electrons. The van der Waals surface area contributed by atoms with E-state index in [4.69, 9.17) is 9.84 Å². The van der Waals surface area contributed by atoms with E-state index in [1.54, 1.807) is 12.1 Å². The van der Waals surface area contributed by atoms with Crippen LogP contribution in [0.4, 0.5) is 0 Å². The molecule has 0 aliphatic heterocycles. The summed E-state index contributed by atoms with van der Waals surface area (Å²) < 4.78 is 5.67. The topological polar surface area (TPSA) is 46.5 Å². The van der Waals surface area contributed by atoms with Gasteiger partial charge >= 0.3 is 5.97 Å². The van der Waals surface area contributed by atoms with Crippen LogP contribution in [0.15, 0.2) is 54.6 Å². The largest absolute Gasteiger partial charge is 0.478 e. The number of carbonyl (C=O) groups is 1. The van der Waals surface area contributed by atoms with E-state index < -0.39 is 5.97 Å². The van der Waals surface area contributed by atoms with E-state index in [0.29, 0.717) is 0 Å². The van der Waals surface area contributed by atoms with Crippen LogP contribution >= 0.6 is 0 Å². The number of hydrogen-bond acceptors (Lipinski definition) is 2. The number of ether oxygens (including phenoxy) is 1. The molecular weight excluding hydrogens is 240 g/mol. The van der Waals surface area contributed by atoms with Gasteiger partial charge in [-0.25, -0.2) is 4.79 Å². The third-order valence-electron chi connectivity index (χ3n) is 2.56. The van der Waals surface area contributed by atoms with Gasteiger partial charge in [-0.3, -0.25) is 0 Å². The molecule has 2 aromatic carbocycles. The van der Waals surface area contributed by atoms with Gasteiger partial charge in [0.25, 0.3) is 0 Å². The Hall–Kier alpha value is -2.55. The first-order chi connectivity index (χ1) is 9.13. The van der Waals surface area contributed by atoms with Crippen molar-refractivity contribution in [2.75, 3.05) is 0 Å². The Morgan fingerprint density at radius 2 is 1.53 bits per heavy atom. The molecule has 0 saturated heterocycles. The Morgan fingerprint density at radius 3 is 2.05 bits per heavy atom. The monoisotopic (exact) mass is 254 g/mol. The molecule has 0 fully saturated rings. The maximum Gasteiger partial charge on any atom is 0.328 e. The molecule has 3 heteroatoms. The number of hydrogen-bond donors (Lipinski definition) is 1. The van der Waals surface area contributed by atoms with Crippen molar-refractivity contribution in [1.29, 1.82) is 0 Å². The van der Waals surface area contributed by atoms with Gasteiger partial charge in [-0.05, 0) is 42.8 Å². The second kappa shape index (κ2) is 5.87. The van der Waals surface area contributed by atoms with Crippen molar-refractivity contribution >= 4 is 12.0 Å². The molecule has 0 amide bonds. The van der Waals surface area contributed by atoms with Crippen LogP contribution in [0.1, 0.15) is 11.1 Å². The molecule has 0 unspecified atom stereocenters. The molecule has 0 bridgehead atoms. The summed E-state index contributed by atoms with van der Waals surface area (Å²) in [6, 6.07) is 15.0. The van der Waals surface area contributed by atoms with Gasteiger partial charge < -0.3 is 9.84 Å². The number of benzene rings is 2. The lowest BCUT2D eigenvalue weighted by atomic mass is 10.2. The van der Waals surface area contributed by atoms with Crippen molar-refractivity contribution in [1.82, 2.24) is 0 Å². The number of aryl methyl sites for hydroxylation is 1. The molecule has 2 rings (SSSR count). The first-order valence-electron chi connectivity index (χ1n) is 5.89. The van der Waals surface area contributed by atoms with E-state index in [0.717, 1.165) is 23.1 Å². The predicted octanol–water partition coefficient (Wildman–Crippen LogP) is 3.89. The van der Waals surface area contributed by atoms with E-state index in [1.807, 2.05) is 43.3 Å². The fourth-order valence-electron chi connectivity index (χ4n) is 1.56. The Labute approximate surface area is 111 Å². The van der Waals surface area contributed by atoms with Gasteiger partial charge in [-0.15, -0.1) is 0 Å². The van der Waals surface area contributed by atoms with Crippen LogP contribution in [0.25, 0.3) is 6.08 Å². The summed E-state index contributed by atoms with van der Waals surface area (Å²) in [7, 11) is 0. The van der Waals surface area contributed by atoms with Crippen LogP contribution in [0, 0.1) is 6.92 Å². The second-order valence-electron chi connectivity index (χ2n) is 4.16. The molecule has 0 heterocycles. The smallest absolute Gasteiger partial charge is 0.328 e. The van der Waals surface area contributed by atoms with Crippen molar-refractivity contribution < 1.29 is 14.6 Å². The highest BCUT2D eigenvalue weighted by Crippen LogP contribution is 2.22. The number of aliphatic carboxylic acids is 1. The molecule has 0 saturated carbocycles. The average molecular weight is 254 g/mol. The van der Waals surface area contributed by atoms with E-state index >= 15 is 0 Å². The summed E-state index contributed by atoms with van der Waals surface area (Å²) >= 11 is 0. The highest BCUT2D eigenvalue weighted by Gasteiger charge is 1.97. The highest BCUT2D eigenvalue weighted by atomic mass is 16.5. The van der Waals surface area contributed by atoms with Crippen LogP contribution in [0.5, 0.6) is 11.5 Å². The first-order valence-corrected chi connectivity index (χ1v) is 5.89. The predicted molar refractivity (Wildman–Crippen MR) is 74.4 cm³/mol. The van der Waals surface area contributed by atoms with Gasteiger partial charge in [-0.1, -0.05) is 29.8 Å². The quantitative estimate of drug-likeness (QED) is 0.842. The third kappa shape index (κ3) is 4.00. The van der Waals surface area contributed by atoms with E-state index in [1.165, 1.54) is 11.6 Å². The summed E-state index contributed by atoms with van der Waals surface area (Å²) in [6.07, 6.45) is 2.65. The highest BCUT2D eigenvalue weighted by molar-refractivity contribution is 5.85. The molecule has 3 nitrogen and oxygen atoms in total. The van der Waals surface area contributed by atoms with Crippen molar-refractivity contribution in [3.8, 4) is 11.5 Å². The van der Waals surface area contributed by atoms with Gasteiger partial charge in [0.2, 0.25) is 0 Å². The number of carboxylic acid groups (broad SMARTS) is 1. The number of carboxylic acids is 1. The van der Waals surface area contributed by atoms with Gasteiger partial charge in [0.15, 0.2) is 0 Å². The minimum absolute atomic E-state index is 0.719. The molecule has 0 aliphatic carbocycles. The zero-order valence-electron chi connectivity index (χ0n) is 10.5. The van der Waals surface area contributed by atoms with Gasteiger partial charge in [0.1, 0.15) is 11.5 Å². The van der Waals surface area contributed by atoms with Gasteiger partial charge in [0.05, 0.1) is 0 Å². The van der Waals surface area contributed by atoms with Crippen molar-refractivity contribution in [2.45, 2.75) is 6.92 Å². The van der Waals surface area contributed by atoms with Crippen LogP contribution in [-0.2, 0) is 4.79 Å². The molecule has 96 valence electrons. The zero-order chi connectivity index (χ0) is 13.7. The fourth-order valence-corrected chi connectivity index (χ4v) is 1.56. The van der Waals surface area contributed by atoms with E-state index in [2.05, 4.69) is 0 Å². The zero-order valence-corrected chi connectivity index (χ0v) is 10.5. The maximum absolute atomic E-state index is 10.4. The first kappa shape index (κ1) is 12.9. The maximum atomic E-state index is 10.4. The molecule has 0 atom stereocenters. The summed E-state index contributed by atoms with van der Waals surface area (Å²) in [5.41, 5.74) is 2.00. The standard InChI is InChI=1S/C16H14O3/c1-12-2-7-14(8-3-12)19-15-9-4-13(5-10-15)6-11-16(17)18/h2-11H,1H3,(H,17,18)/b11-6-. The Kier molecular flexibility index (Phi) is 3.98. The van der Waals surface area contributed by atoms with Gasteiger partial charge in [0, 0.05) is 6.08 Å². The molecule has 0 aliphatic rings. The minimum atomic E-state index is -0.958. The van der Waals surface area contributed by atoms with E-state index in [-0.39, 0.29) is 0 Å². The summed E-state index contributed by atoms with van der Waals surface area (Å²) in [6.45, 7) is 2.02. The Bertz CT molecular complexity index is 580. The second-order valence-corrected chi connectivity index (χ2v) is 4.16. The minimum Gasteiger partial charge on any atom is -0.478 e. The van der Waals surface area contributed by atoms with Crippen LogP contribution in [0.2, 0.25) is 0 Å². The number of rotatable bonds is 4. The molecule has 1 N–H and O–H groups in total. The van der Waals surface area contributed by atoms with Crippen LogP contribution < -0.4 is 4.74 Å².